The van der Waals surface area contributed by atoms with Gasteiger partial charge in [-0.3, -0.25) is 0 Å². The molecular weight excluding hydrogens is 389 g/mol. The Morgan fingerprint density at radius 2 is 1.31 bits per heavy atom. The number of benzene rings is 3. The van der Waals surface area contributed by atoms with Gasteiger partial charge < -0.3 is 14.9 Å². The predicted molar refractivity (Wildman–Crippen MR) is 97.3 cm³/mol. The Morgan fingerprint density at radius 1 is 0.724 bits per heavy atom. The first-order chi connectivity index (χ1) is 13.7. The third-order valence-electron chi connectivity index (χ3n) is 4.09. The van der Waals surface area contributed by atoms with E-state index in [2.05, 4.69) is 0 Å². The summed E-state index contributed by atoms with van der Waals surface area (Å²) >= 11 is 0. The molecule has 0 spiro atoms. The fourth-order valence-electron chi connectivity index (χ4n) is 2.87. The van der Waals surface area contributed by atoms with Gasteiger partial charge in [0.25, 0.3) is 0 Å². The zero-order valence-electron chi connectivity index (χ0n) is 14.6. The molecule has 148 valence electrons. The van der Waals surface area contributed by atoms with E-state index in [1.54, 1.807) is 48.5 Å². The molecule has 2 N–H and O–H groups in total. The average molecular weight is 402 g/mol. The van der Waals surface area contributed by atoms with E-state index in [0.717, 1.165) is 11.6 Å². The van der Waals surface area contributed by atoms with Crippen LogP contribution < -0.4 is 4.74 Å². The van der Waals surface area contributed by atoms with Crippen molar-refractivity contribution in [1.29, 1.82) is 0 Å². The van der Waals surface area contributed by atoms with Crippen LogP contribution in [0.4, 0.5) is 13.2 Å². The lowest BCUT2D eigenvalue weighted by Crippen LogP contribution is -2.18. The zero-order valence-corrected chi connectivity index (χ0v) is 14.6. The molecule has 5 nitrogen and oxygen atoms in total. The molecule has 0 amide bonds. The molecule has 0 saturated carbocycles. The zero-order chi connectivity index (χ0) is 21.2. The van der Waals surface area contributed by atoms with Gasteiger partial charge in [-0.15, -0.1) is 0 Å². The summed E-state index contributed by atoms with van der Waals surface area (Å²) in [4.78, 5) is 23.1. The standard InChI is InChI=1S/C21H13F3O5/c22-21(23,24)14-10-11-16(18(20(27)28)17(14)19(25)26)29-15-9-5-4-8-13(15)12-6-2-1-3-7-12/h1-11H,(H,25,26)(H,27,28). The number of aromatic carboxylic acids is 2. The fraction of sp³-hybridized carbons (Fsp3) is 0.0476. The number of hydrogen-bond acceptors (Lipinski definition) is 3. The van der Waals surface area contributed by atoms with Crippen LogP contribution in [-0.2, 0) is 6.18 Å². The Balaban J connectivity index is 2.18. The van der Waals surface area contributed by atoms with E-state index >= 15 is 0 Å². The van der Waals surface area contributed by atoms with Gasteiger partial charge in [0.2, 0.25) is 0 Å². The first-order valence-corrected chi connectivity index (χ1v) is 8.23. The molecule has 3 aromatic rings. The van der Waals surface area contributed by atoms with Crippen LogP contribution >= 0.6 is 0 Å². The maximum Gasteiger partial charge on any atom is 0.417 e. The molecule has 0 aliphatic heterocycles. The Kier molecular flexibility index (Phi) is 5.27. The van der Waals surface area contributed by atoms with Gasteiger partial charge in [-0.25, -0.2) is 9.59 Å². The Bertz CT molecular complexity index is 1080. The van der Waals surface area contributed by atoms with Crippen molar-refractivity contribution in [1.82, 2.24) is 0 Å². The van der Waals surface area contributed by atoms with Gasteiger partial charge in [-0.1, -0.05) is 48.5 Å². The predicted octanol–water partition coefficient (Wildman–Crippen LogP) is 5.56. The van der Waals surface area contributed by atoms with Crippen LogP contribution in [-0.4, -0.2) is 22.2 Å². The number of alkyl halides is 3. The van der Waals surface area contributed by atoms with Crippen molar-refractivity contribution in [3.05, 3.63) is 83.4 Å². The smallest absolute Gasteiger partial charge is 0.417 e. The van der Waals surface area contributed by atoms with E-state index in [1.165, 1.54) is 6.07 Å². The largest absolute Gasteiger partial charge is 0.478 e. The topological polar surface area (TPSA) is 83.8 Å². The highest BCUT2D eigenvalue weighted by atomic mass is 19.4. The summed E-state index contributed by atoms with van der Waals surface area (Å²) in [5, 5.41) is 18.7. The second kappa shape index (κ2) is 7.67. The van der Waals surface area contributed by atoms with E-state index in [1.807, 2.05) is 0 Å². The van der Waals surface area contributed by atoms with Gasteiger partial charge in [0.1, 0.15) is 17.1 Å². The van der Waals surface area contributed by atoms with E-state index in [0.29, 0.717) is 11.6 Å². The molecule has 0 aliphatic rings. The van der Waals surface area contributed by atoms with Crippen LogP contribution in [0.1, 0.15) is 26.3 Å². The summed E-state index contributed by atoms with van der Waals surface area (Å²) < 4.78 is 45.2. The molecule has 0 heterocycles. The highest BCUT2D eigenvalue weighted by Gasteiger charge is 2.39. The Labute approximate surface area is 162 Å². The third kappa shape index (κ3) is 4.06. The highest BCUT2D eigenvalue weighted by molar-refractivity contribution is 6.05. The van der Waals surface area contributed by atoms with Crippen LogP contribution in [0.3, 0.4) is 0 Å². The van der Waals surface area contributed by atoms with Crippen LogP contribution in [0, 0.1) is 0 Å². The SMILES string of the molecule is O=C(O)c1c(Oc2ccccc2-c2ccccc2)ccc(C(F)(F)F)c1C(=O)O. The van der Waals surface area contributed by atoms with Crippen LogP contribution in [0.25, 0.3) is 11.1 Å². The van der Waals surface area contributed by atoms with Crippen LogP contribution in [0.5, 0.6) is 11.5 Å². The van der Waals surface area contributed by atoms with Crippen molar-refractivity contribution in [3.8, 4) is 22.6 Å². The van der Waals surface area contributed by atoms with Gasteiger partial charge in [0.15, 0.2) is 0 Å². The first-order valence-electron chi connectivity index (χ1n) is 8.23. The molecule has 29 heavy (non-hydrogen) atoms. The molecule has 0 aliphatic carbocycles. The first kappa shape index (κ1) is 19.9. The van der Waals surface area contributed by atoms with Crippen molar-refractivity contribution in [2.24, 2.45) is 0 Å². The monoisotopic (exact) mass is 402 g/mol. The van der Waals surface area contributed by atoms with E-state index in [-0.39, 0.29) is 5.75 Å². The maximum atomic E-state index is 13.2. The van der Waals surface area contributed by atoms with Gasteiger partial charge in [0, 0.05) is 5.56 Å². The lowest BCUT2D eigenvalue weighted by Gasteiger charge is -2.17. The molecule has 0 bridgehead atoms. The molecule has 0 atom stereocenters. The lowest BCUT2D eigenvalue weighted by atomic mass is 9.99. The lowest BCUT2D eigenvalue weighted by molar-refractivity contribution is -0.138. The summed E-state index contributed by atoms with van der Waals surface area (Å²) in [7, 11) is 0. The molecule has 0 saturated heterocycles. The minimum absolute atomic E-state index is 0.164. The summed E-state index contributed by atoms with van der Waals surface area (Å²) in [5.74, 6) is -4.21. The number of carboxylic acid groups (broad SMARTS) is 2. The Morgan fingerprint density at radius 3 is 1.90 bits per heavy atom. The highest BCUT2D eigenvalue weighted by Crippen LogP contribution is 2.40. The van der Waals surface area contributed by atoms with E-state index < -0.39 is 40.6 Å². The number of ether oxygens (including phenoxy) is 1. The number of carboxylic acids is 2. The normalized spacial score (nSPS) is 11.1. The van der Waals surface area contributed by atoms with Gasteiger partial charge in [-0.2, -0.15) is 13.2 Å². The van der Waals surface area contributed by atoms with Gasteiger partial charge in [0.05, 0.1) is 11.1 Å². The van der Waals surface area contributed by atoms with Gasteiger partial charge in [-0.05, 0) is 23.8 Å². The van der Waals surface area contributed by atoms with Gasteiger partial charge >= 0.3 is 18.1 Å². The maximum absolute atomic E-state index is 13.2. The van der Waals surface area contributed by atoms with Crippen molar-refractivity contribution in [3.63, 3.8) is 0 Å². The summed E-state index contributed by atoms with van der Waals surface area (Å²) in [5.41, 5.74) is -2.73. The number of carbonyl (C=O) groups is 2. The molecule has 8 heteroatoms. The van der Waals surface area contributed by atoms with Crippen LogP contribution in [0.2, 0.25) is 0 Å². The molecule has 3 aromatic carbocycles. The average Bonchev–Trinajstić information content (AvgIpc) is 2.67. The fourth-order valence-corrected chi connectivity index (χ4v) is 2.87. The van der Waals surface area contributed by atoms with E-state index in [4.69, 9.17) is 4.74 Å². The summed E-state index contributed by atoms with van der Waals surface area (Å²) in [6.45, 7) is 0. The van der Waals surface area contributed by atoms with E-state index in [9.17, 15) is 33.0 Å². The molecule has 0 fully saturated rings. The molecule has 0 aromatic heterocycles. The number of rotatable bonds is 5. The Hall–Kier alpha value is -3.81. The second-order valence-electron chi connectivity index (χ2n) is 5.93. The minimum Gasteiger partial charge on any atom is -0.478 e. The number of halogens is 3. The minimum atomic E-state index is -5.04. The summed E-state index contributed by atoms with van der Waals surface area (Å²) in [6, 6.07) is 16.7. The van der Waals surface area contributed by atoms with Crippen LogP contribution in [0.15, 0.2) is 66.7 Å². The van der Waals surface area contributed by atoms with Crippen molar-refractivity contribution in [2.45, 2.75) is 6.18 Å². The molecule has 0 unspecified atom stereocenters. The number of hydrogen-bond donors (Lipinski definition) is 2. The number of para-hydroxylation sites is 1. The van der Waals surface area contributed by atoms with Crippen molar-refractivity contribution >= 4 is 11.9 Å². The molecular formula is C21H13F3O5. The third-order valence-corrected chi connectivity index (χ3v) is 4.09. The second-order valence-corrected chi connectivity index (χ2v) is 5.93. The molecule has 3 rings (SSSR count). The van der Waals surface area contributed by atoms with Crippen molar-refractivity contribution < 1.29 is 37.7 Å². The quantitative estimate of drug-likeness (QED) is 0.584. The van der Waals surface area contributed by atoms with Crippen molar-refractivity contribution in [2.75, 3.05) is 0 Å². The summed E-state index contributed by atoms with van der Waals surface area (Å²) in [6.07, 6.45) is -5.04. The molecule has 0 radical (unpaired) electrons.